The van der Waals surface area contributed by atoms with Gasteiger partial charge in [0.15, 0.2) is 0 Å². The smallest absolute Gasteiger partial charge is 0.128 e. The van der Waals surface area contributed by atoms with Gasteiger partial charge in [-0.05, 0) is 51.0 Å². The van der Waals surface area contributed by atoms with Crippen LogP contribution in [0.25, 0.3) is 0 Å². The first-order valence-corrected chi connectivity index (χ1v) is 6.41. The highest BCUT2D eigenvalue weighted by molar-refractivity contribution is 9.10. The lowest BCUT2D eigenvalue weighted by atomic mass is 10.1. The van der Waals surface area contributed by atoms with Crippen LogP contribution >= 0.6 is 15.9 Å². The van der Waals surface area contributed by atoms with Crippen LogP contribution in [0.5, 0.6) is 0 Å². The molecule has 88 valence electrons. The number of nitrogens with one attached hydrogen (secondary N) is 1. The monoisotopic (exact) mass is 282 g/mol. The maximum atomic E-state index is 8.16. The summed E-state index contributed by atoms with van der Waals surface area (Å²) in [5.74, 6) is 0.615. The number of benzene rings is 1. The fraction of sp³-hybridized carbons (Fsp3) is 0.462. The number of aryl methyl sites for hydroxylation is 2. The molecule has 0 aliphatic heterocycles. The molecule has 0 amide bonds. The van der Waals surface area contributed by atoms with Gasteiger partial charge in [-0.15, -0.1) is 0 Å². The van der Waals surface area contributed by atoms with E-state index >= 15 is 0 Å². The lowest BCUT2D eigenvalue weighted by Gasteiger charge is -2.22. The van der Waals surface area contributed by atoms with Crippen LogP contribution in [0.2, 0.25) is 0 Å². The van der Waals surface area contributed by atoms with Crippen molar-refractivity contribution in [2.45, 2.75) is 27.7 Å². The molecule has 0 spiro atoms. The molecular weight excluding hydrogens is 264 g/mol. The van der Waals surface area contributed by atoms with Crippen molar-refractivity contribution in [3.05, 3.63) is 33.3 Å². The van der Waals surface area contributed by atoms with Gasteiger partial charge >= 0.3 is 0 Å². The third-order valence-electron chi connectivity index (χ3n) is 2.79. The van der Waals surface area contributed by atoms with Crippen molar-refractivity contribution in [1.82, 2.24) is 4.90 Å². The van der Waals surface area contributed by atoms with E-state index in [4.69, 9.17) is 5.41 Å². The summed E-state index contributed by atoms with van der Waals surface area (Å²) in [5, 5.41) is 8.16. The van der Waals surface area contributed by atoms with Crippen LogP contribution in [0, 0.1) is 19.3 Å². The molecule has 0 heterocycles. The Morgan fingerprint density at radius 2 is 1.62 bits per heavy atom. The molecule has 0 aromatic heterocycles. The number of amidine groups is 1. The van der Waals surface area contributed by atoms with E-state index in [0.717, 1.165) is 23.1 Å². The van der Waals surface area contributed by atoms with E-state index in [2.05, 4.69) is 60.7 Å². The standard InChI is InChI=1S/C13H19BrN2/c1-5-16(6-2)13(15)11-7-9(3)12(14)10(4)8-11/h7-8,15H,5-6H2,1-4H3. The molecule has 0 unspecified atom stereocenters. The van der Waals surface area contributed by atoms with Crippen LogP contribution in [0.1, 0.15) is 30.5 Å². The Balaban J connectivity index is 3.10. The molecule has 0 saturated carbocycles. The van der Waals surface area contributed by atoms with E-state index in [1.165, 1.54) is 11.1 Å². The summed E-state index contributed by atoms with van der Waals surface area (Å²) in [6, 6.07) is 4.13. The maximum absolute atomic E-state index is 8.16. The first kappa shape index (κ1) is 13.2. The molecule has 1 N–H and O–H groups in total. The third-order valence-corrected chi connectivity index (χ3v) is 4.04. The molecule has 0 atom stereocenters. The second-order valence-electron chi connectivity index (χ2n) is 3.94. The summed E-state index contributed by atoms with van der Waals surface area (Å²) in [6.07, 6.45) is 0. The van der Waals surface area contributed by atoms with E-state index in [0.29, 0.717) is 5.84 Å². The summed E-state index contributed by atoms with van der Waals surface area (Å²) in [4.78, 5) is 2.06. The number of nitrogens with zero attached hydrogens (tertiary/aromatic N) is 1. The van der Waals surface area contributed by atoms with Gasteiger partial charge in [-0.1, -0.05) is 15.9 Å². The Hall–Kier alpha value is -0.830. The number of hydrogen-bond donors (Lipinski definition) is 1. The maximum Gasteiger partial charge on any atom is 0.128 e. The van der Waals surface area contributed by atoms with Gasteiger partial charge in [0.25, 0.3) is 0 Å². The van der Waals surface area contributed by atoms with Gasteiger partial charge in [0.1, 0.15) is 5.84 Å². The minimum atomic E-state index is 0.615. The SMILES string of the molecule is CCN(CC)C(=N)c1cc(C)c(Br)c(C)c1. The molecule has 1 rings (SSSR count). The summed E-state index contributed by atoms with van der Waals surface area (Å²) in [7, 11) is 0. The van der Waals surface area contributed by atoms with Crippen molar-refractivity contribution >= 4 is 21.8 Å². The van der Waals surface area contributed by atoms with E-state index in [-0.39, 0.29) is 0 Å². The van der Waals surface area contributed by atoms with Crippen LogP contribution in [-0.2, 0) is 0 Å². The van der Waals surface area contributed by atoms with Crippen molar-refractivity contribution < 1.29 is 0 Å². The summed E-state index contributed by atoms with van der Waals surface area (Å²) >= 11 is 3.55. The van der Waals surface area contributed by atoms with Crippen molar-refractivity contribution in [3.63, 3.8) is 0 Å². The van der Waals surface area contributed by atoms with Gasteiger partial charge in [0, 0.05) is 23.1 Å². The zero-order valence-corrected chi connectivity index (χ0v) is 12.0. The normalized spacial score (nSPS) is 10.3. The lowest BCUT2D eigenvalue weighted by Crippen LogP contribution is -2.30. The first-order valence-electron chi connectivity index (χ1n) is 5.61. The molecule has 3 heteroatoms. The van der Waals surface area contributed by atoms with Crippen LogP contribution in [0.3, 0.4) is 0 Å². The summed E-state index contributed by atoms with van der Waals surface area (Å²) < 4.78 is 1.14. The topological polar surface area (TPSA) is 27.1 Å². The summed E-state index contributed by atoms with van der Waals surface area (Å²) in [6.45, 7) is 10.0. The zero-order valence-electron chi connectivity index (χ0n) is 10.4. The Morgan fingerprint density at radius 3 is 2.00 bits per heavy atom. The van der Waals surface area contributed by atoms with E-state index in [1.807, 2.05) is 0 Å². The predicted molar refractivity (Wildman–Crippen MR) is 73.4 cm³/mol. The van der Waals surface area contributed by atoms with Crippen LogP contribution in [-0.4, -0.2) is 23.8 Å². The molecule has 0 aliphatic carbocycles. The quantitative estimate of drug-likeness (QED) is 0.664. The van der Waals surface area contributed by atoms with Gasteiger partial charge in [-0.2, -0.15) is 0 Å². The largest absolute Gasteiger partial charge is 0.357 e. The fourth-order valence-electron chi connectivity index (χ4n) is 1.81. The van der Waals surface area contributed by atoms with Crippen molar-refractivity contribution in [2.24, 2.45) is 0 Å². The average Bonchev–Trinajstić information content (AvgIpc) is 2.26. The van der Waals surface area contributed by atoms with Crippen molar-refractivity contribution in [1.29, 1.82) is 5.41 Å². The van der Waals surface area contributed by atoms with Gasteiger partial charge in [-0.25, -0.2) is 0 Å². The number of rotatable bonds is 3. The van der Waals surface area contributed by atoms with Gasteiger partial charge in [-0.3, -0.25) is 5.41 Å². The minimum absolute atomic E-state index is 0.615. The van der Waals surface area contributed by atoms with Crippen molar-refractivity contribution in [2.75, 3.05) is 13.1 Å². The third kappa shape index (κ3) is 2.64. The highest BCUT2D eigenvalue weighted by Crippen LogP contribution is 2.23. The zero-order chi connectivity index (χ0) is 12.3. The molecular formula is C13H19BrN2. The fourth-order valence-corrected chi connectivity index (χ4v) is 2.03. The van der Waals surface area contributed by atoms with Gasteiger partial charge in [0.2, 0.25) is 0 Å². The number of halogens is 1. The Bertz CT molecular complexity index is 372. The molecule has 1 aromatic rings. The minimum Gasteiger partial charge on any atom is -0.357 e. The molecule has 16 heavy (non-hydrogen) atoms. The highest BCUT2D eigenvalue weighted by atomic mass is 79.9. The second-order valence-corrected chi connectivity index (χ2v) is 4.74. The average molecular weight is 283 g/mol. The Labute approximate surface area is 106 Å². The molecule has 0 aliphatic rings. The van der Waals surface area contributed by atoms with E-state index < -0.39 is 0 Å². The van der Waals surface area contributed by atoms with Crippen molar-refractivity contribution in [3.8, 4) is 0 Å². The lowest BCUT2D eigenvalue weighted by molar-refractivity contribution is 0.463. The molecule has 1 aromatic carbocycles. The Kier molecular flexibility index (Phi) is 4.54. The van der Waals surface area contributed by atoms with Gasteiger partial charge in [0.05, 0.1) is 0 Å². The first-order chi connectivity index (χ1) is 7.51. The van der Waals surface area contributed by atoms with Crippen LogP contribution in [0.4, 0.5) is 0 Å². The van der Waals surface area contributed by atoms with Crippen LogP contribution in [0.15, 0.2) is 16.6 Å². The molecule has 0 fully saturated rings. The van der Waals surface area contributed by atoms with Gasteiger partial charge < -0.3 is 4.90 Å². The predicted octanol–water partition coefficient (Wildman–Crippen LogP) is 3.73. The molecule has 2 nitrogen and oxygen atoms in total. The molecule has 0 radical (unpaired) electrons. The number of hydrogen-bond acceptors (Lipinski definition) is 1. The molecule has 0 saturated heterocycles. The van der Waals surface area contributed by atoms with Crippen LogP contribution < -0.4 is 0 Å². The van der Waals surface area contributed by atoms with E-state index in [1.54, 1.807) is 0 Å². The Morgan fingerprint density at radius 1 is 1.19 bits per heavy atom. The molecule has 0 bridgehead atoms. The van der Waals surface area contributed by atoms with E-state index in [9.17, 15) is 0 Å². The highest BCUT2D eigenvalue weighted by Gasteiger charge is 2.10. The second kappa shape index (κ2) is 5.48. The summed E-state index contributed by atoms with van der Waals surface area (Å²) in [5.41, 5.74) is 3.38.